The number of rotatable bonds is 4. The van der Waals surface area contributed by atoms with Gasteiger partial charge in [-0.05, 0) is 32.0 Å². The lowest BCUT2D eigenvalue weighted by Crippen LogP contribution is -2.35. The van der Waals surface area contributed by atoms with Crippen molar-refractivity contribution in [3.05, 3.63) is 46.8 Å². The first kappa shape index (κ1) is 18.1. The fraction of sp³-hybridized carbons (Fsp3) is 0.474. The summed E-state index contributed by atoms with van der Waals surface area (Å²) in [5.74, 6) is 2.48. The van der Waals surface area contributed by atoms with Crippen LogP contribution >= 0.6 is 12.2 Å². The van der Waals surface area contributed by atoms with Gasteiger partial charge in [0.15, 0.2) is 10.6 Å². The molecule has 27 heavy (non-hydrogen) atoms. The van der Waals surface area contributed by atoms with E-state index in [2.05, 4.69) is 46.3 Å². The van der Waals surface area contributed by atoms with Gasteiger partial charge in [-0.2, -0.15) is 5.10 Å². The second-order valence-corrected chi connectivity index (χ2v) is 7.73. The fourth-order valence-corrected chi connectivity index (χ4v) is 3.90. The third-order valence-electron chi connectivity index (χ3n) is 5.38. The molecule has 142 valence electrons. The summed E-state index contributed by atoms with van der Waals surface area (Å²) >= 11 is 5.63. The van der Waals surface area contributed by atoms with Crippen molar-refractivity contribution in [1.82, 2.24) is 34.0 Å². The Morgan fingerprint density at radius 2 is 1.81 bits per heavy atom. The van der Waals surface area contributed by atoms with E-state index < -0.39 is 0 Å². The van der Waals surface area contributed by atoms with Gasteiger partial charge in [-0.3, -0.25) is 4.90 Å². The van der Waals surface area contributed by atoms with Crippen molar-refractivity contribution >= 4 is 12.2 Å². The summed E-state index contributed by atoms with van der Waals surface area (Å²) in [7, 11) is 4.00. The first-order valence-corrected chi connectivity index (χ1v) is 9.71. The molecule has 8 heteroatoms. The largest absolute Gasteiger partial charge is 0.320 e. The molecule has 1 aliphatic heterocycles. The Morgan fingerprint density at radius 1 is 1.11 bits per heavy atom. The van der Waals surface area contributed by atoms with Crippen molar-refractivity contribution in [2.45, 2.75) is 32.4 Å². The maximum Gasteiger partial charge on any atom is 0.199 e. The highest BCUT2D eigenvalue weighted by Gasteiger charge is 2.24. The lowest BCUT2D eigenvalue weighted by atomic mass is 9.96. The van der Waals surface area contributed by atoms with Crippen LogP contribution in [0.3, 0.4) is 0 Å². The Labute approximate surface area is 164 Å². The molecule has 1 aromatic carbocycles. The minimum absolute atomic E-state index is 0.480. The molecule has 4 rings (SSSR count). The van der Waals surface area contributed by atoms with Crippen molar-refractivity contribution < 1.29 is 0 Å². The van der Waals surface area contributed by atoms with Crippen LogP contribution in [-0.2, 0) is 20.8 Å². The van der Waals surface area contributed by atoms with Crippen molar-refractivity contribution in [3.63, 3.8) is 0 Å². The Balaban J connectivity index is 1.46. The first-order valence-electron chi connectivity index (χ1n) is 9.30. The van der Waals surface area contributed by atoms with Gasteiger partial charge < -0.3 is 9.13 Å². The van der Waals surface area contributed by atoms with E-state index in [0.29, 0.717) is 5.92 Å². The maximum absolute atomic E-state index is 5.63. The third-order valence-corrected chi connectivity index (χ3v) is 5.87. The van der Waals surface area contributed by atoms with Crippen LogP contribution < -0.4 is 0 Å². The highest BCUT2D eigenvalue weighted by Crippen LogP contribution is 2.26. The molecular weight excluding hydrogens is 358 g/mol. The van der Waals surface area contributed by atoms with E-state index in [1.54, 1.807) is 6.33 Å². The highest BCUT2D eigenvalue weighted by molar-refractivity contribution is 7.71. The maximum atomic E-state index is 5.63. The van der Waals surface area contributed by atoms with Crippen molar-refractivity contribution in [1.29, 1.82) is 0 Å². The number of nitrogens with zero attached hydrogens (tertiary/aromatic N) is 7. The Bertz CT molecular complexity index is 974. The summed E-state index contributed by atoms with van der Waals surface area (Å²) in [6, 6.07) is 8.41. The molecule has 0 bridgehead atoms. The van der Waals surface area contributed by atoms with Gasteiger partial charge in [0, 0.05) is 38.7 Å². The number of hydrogen-bond acceptors (Lipinski definition) is 5. The topological polar surface area (TPSA) is 56.7 Å². The van der Waals surface area contributed by atoms with E-state index >= 15 is 0 Å². The van der Waals surface area contributed by atoms with E-state index in [1.165, 1.54) is 5.56 Å². The van der Waals surface area contributed by atoms with Crippen LogP contribution in [0, 0.1) is 11.7 Å². The number of likely N-dealkylation sites (tertiary alicyclic amines) is 1. The van der Waals surface area contributed by atoms with Gasteiger partial charge in [0.05, 0.1) is 6.67 Å². The number of hydrogen-bond donors (Lipinski definition) is 0. The van der Waals surface area contributed by atoms with Crippen LogP contribution in [0.15, 0.2) is 30.6 Å². The smallest absolute Gasteiger partial charge is 0.199 e. The van der Waals surface area contributed by atoms with Crippen molar-refractivity contribution in [2.24, 2.45) is 14.1 Å². The molecular formula is C19H25N7S. The van der Waals surface area contributed by atoms with E-state index in [1.807, 2.05) is 27.9 Å². The fourth-order valence-electron chi connectivity index (χ4n) is 3.72. The van der Waals surface area contributed by atoms with E-state index in [-0.39, 0.29) is 0 Å². The zero-order valence-corrected chi connectivity index (χ0v) is 16.9. The standard InChI is InChI=1S/C19H25N7S/c1-14-4-6-15(7-5-14)18-22-26(19(27)24(18)3)13-25-10-8-16(9-11-25)17-21-20-12-23(17)2/h4-7,12,16H,8-11,13H2,1-3H3. The number of piperidine rings is 1. The van der Waals surface area contributed by atoms with Gasteiger partial charge in [0.25, 0.3) is 0 Å². The molecule has 3 aromatic rings. The summed E-state index contributed by atoms with van der Waals surface area (Å²) in [5.41, 5.74) is 2.33. The highest BCUT2D eigenvalue weighted by atomic mass is 32.1. The summed E-state index contributed by atoms with van der Waals surface area (Å²) in [5, 5.41) is 13.1. The van der Waals surface area contributed by atoms with Gasteiger partial charge in [-0.25, -0.2) is 4.68 Å². The lowest BCUT2D eigenvalue weighted by Gasteiger charge is -2.30. The van der Waals surface area contributed by atoms with Gasteiger partial charge in [0.1, 0.15) is 12.2 Å². The normalized spacial score (nSPS) is 16.1. The predicted molar refractivity (Wildman–Crippen MR) is 107 cm³/mol. The van der Waals surface area contributed by atoms with E-state index in [9.17, 15) is 0 Å². The minimum Gasteiger partial charge on any atom is -0.320 e. The summed E-state index contributed by atoms with van der Waals surface area (Å²) in [6.45, 7) is 4.83. The molecule has 0 radical (unpaired) electrons. The van der Waals surface area contributed by atoms with Crippen LogP contribution in [0.1, 0.15) is 30.1 Å². The van der Waals surface area contributed by atoms with Crippen LogP contribution in [-0.4, -0.2) is 47.1 Å². The second-order valence-electron chi connectivity index (χ2n) is 7.36. The van der Waals surface area contributed by atoms with Crippen LogP contribution in [0.5, 0.6) is 0 Å². The van der Waals surface area contributed by atoms with E-state index in [4.69, 9.17) is 17.3 Å². The van der Waals surface area contributed by atoms with E-state index in [0.717, 1.165) is 54.6 Å². The molecule has 0 saturated carbocycles. The average Bonchev–Trinajstić information content (AvgIpc) is 3.22. The molecule has 1 fully saturated rings. The molecule has 1 aliphatic rings. The number of benzene rings is 1. The van der Waals surface area contributed by atoms with Gasteiger partial charge >= 0.3 is 0 Å². The Kier molecular flexibility index (Phi) is 4.92. The molecule has 1 saturated heterocycles. The minimum atomic E-state index is 0.480. The quantitative estimate of drug-likeness (QED) is 0.649. The van der Waals surface area contributed by atoms with Gasteiger partial charge in [-0.15, -0.1) is 10.2 Å². The molecule has 0 amide bonds. The summed E-state index contributed by atoms with van der Waals surface area (Å²) in [4.78, 5) is 2.41. The predicted octanol–water partition coefficient (Wildman–Crippen LogP) is 2.89. The van der Waals surface area contributed by atoms with Crippen molar-refractivity contribution in [3.8, 4) is 11.4 Å². The molecule has 0 N–H and O–H groups in total. The average molecular weight is 384 g/mol. The Morgan fingerprint density at radius 3 is 2.44 bits per heavy atom. The van der Waals surface area contributed by atoms with Crippen molar-refractivity contribution in [2.75, 3.05) is 13.1 Å². The summed E-state index contributed by atoms with van der Waals surface area (Å²) in [6.07, 6.45) is 3.94. The molecule has 0 spiro atoms. The molecule has 0 aliphatic carbocycles. The van der Waals surface area contributed by atoms with Crippen LogP contribution in [0.25, 0.3) is 11.4 Å². The zero-order valence-electron chi connectivity index (χ0n) is 16.0. The zero-order chi connectivity index (χ0) is 19.0. The molecule has 7 nitrogen and oxygen atoms in total. The number of aromatic nitrogens is 6. The van der Waals surface area contributed by atoms with Gasteiger partial charge in [-0.1, -0.05) is 29.8 Å². The SMILES string of the molecule is Cc1ccc(-c2nn(CN3CCC(c4nncn4C)CC3)c(=S)n2C)cc1. The second kappa shape index (κ2) is 7.36. The Hall–Kier alpha value is -2.32. The molecule has 3 heterocycles. The first-order chi connectivity index (χ1) is 13.0. The third kappa shape index (κ3) is 3.59. The van der Waals surface area contributed by atoms with Crippen LogP contribution in [0.2, 0.25) is 0 Å². The monoisotopic (exact) mass is 383 g/mol. The molecule has 0 unspecified atom stereocenters. The number of aryl methyl sites for hydroxylation is 2. The molecule has 0 atom stereocenters. The molecule has 2 aromatic heterocycles. The lowest BCUT2D eigenvalue weighted by molar-refractivity contribution is 0.157. The summed E-state index contributed by atoms with van der Waals surface area (Å²) < 4.78 is 6.71. The van der Waals surface area contributed by atoms with Gasteiger partial charge in [0.2, 0.25) is 0 Å². The van der Waals surface area contributed by atoms with Crippen LogP contribution in [0.4, 0.5) is 0 Å².